The fraction of sp³-hybridized carbons (Fsp3) is 0.929. The van der Waals surface area contributed by atoms with Crippen molar-refractivity contribution in [3.63, 3.8) is 0 Å². The average molecular weight is 304 g/mol. The molecule has 1 N–H and O–H groups in total. The molecule has 0 radical (unpaired) electrons. The first-order valence-corrected chi connectivity index (χ1v) is 8.99. The fourth-order valence-electron chi connectivity index (χ4n) is 2.25. The number of hydrogen-bond donors (Lipinski definition) is 1. The van der Waals surface area contributed by atoms with Gasteiger partial charge in [0.15, 0.2) is 0 Å². The van der Waals surface area contributed by atoms with Gasteiger partial charge in [-0.2, -0.15) is 0 Å². The first kappa shape index (κ1) is 17.4. The van der Waals surface area contributed by atoms with E-state index in [0.29, 0.717) is 11.7 Å². The molecule has 1 saturated heterocycles. The predicted octanol–water partition coefficient (Wildman–Crippen LogP) is 1.60. The van der Waals surface area contributed by atoms with E-state index in [9.17, 15) is 9.00 Å². The van der Waals surface area contributed by atoms with Crippen LogP contribution in [0.5, 0.6) is 0 Å². The minimum absolute atomic E-state index is 0.211. The molecule has 0 aliphatic carbocycles. The third-order valence-corrected chi connectivity index (χ3v) is 3.95. The molecule has 118 valence electrons. The van der Waals surface area contributed by atoms with E-state index < -0.39 is 16.4 Å². The number of likely N-dealkylation sites (tertiary alicyclic amines) is 1. The van der Waals surface area contributed by atoms with Crippen LogP contribution in [0.4, 0.5) is 4.79 Å². The van der Waals surface area contributed by atoms with Crippen molar-refractivity contribution in [2.75, 3.05) is 38.2 Å². The Morgan fingerprint density at radius 3 is 2.75 bits per heavy atom. The molecule has 1 aliphatic heterocycles. The number of hydrogen-bond acceptors (Lipinski definition) is 4. The second kappa shape index (κ2) is 7.98. The summed E-state index contributed by atoms with van der Waals surface area (Å²) in [5, 5.41) is 3.32. The van der Waals surface area contributed by atoms with E-state index in [0.717, 1.165) is 39.0 Å². The minimum Gasteiger partial charge on any atom is -0.444 e. The highest BCUT2D eigenvalue weighted by atomic mass is 32.2. The van der Waals surface area contributed by atoms with Gasteiger partial charge in [-0.25, -0.2) is 4.79 Å². The molecule has 1 fully saturated rings. The van der Waals surface area contributed by atoms with Gasteiger partial charge in [-0.3, -0.25) is 4.21 Å². The molecular weight excluding hydrogens is 276 g/mol. The van der Waals surface area contributed by atoms with Crippen LogP contribution in [-0.2, 0) is 15.5 Å². The number of rotatable bonds is 5. The average Bonchev–Trinajstić information content (AvgIpc) is 2.33. The Morgan fingerprint density at radius 1 is 1.45 bits per heavy atom. The van der Waals surface area contributed by atoms with Crippen LogP contribution in [0.25, 0.3) is 0 Å². The molecule has 2 unspecified atom stereocenters. The molecule has 0 spiro atoms. The monoisotopic (exact) mass is 304 g/mol. The van der Waals surface area contributed by atoms with Crippen LogP contribution >= 0.6 is 0 Å². The van der Waals surface area contributed by atoms with Gasteiger partial charge in [0, 0.05) is 42.4 Å². The Morgan fingerprint density at radius 2 is 2.15 bits per heavy atom. The van der Waals surface area contributed by atoms with E-state index in [4.69, 9.17) is 4.74 Å². The topological polar surface area (TPSA) is 58.6 Å². The SMILES string of the molecule is CS(=O)CCNCC1CCCN(C(=O)OC(C)(C)C)C1. The molecule has 0 saturated carbocycles. The summed E-state index contributed by atoms with van der Waals surface area (Å²) in [6, 6.07) is 0. The van der Waals surface area contributed by atoms with Crippen molar-refractivity contribution in [1.82, 2.24) is 10.2 Å². The molecule has 1 amide bonds. The Labute approximate surface area is 124 Å². The normalized spacial score (nSPS) is 21.6. The molecule has 0 aromatic heterocycles. The lowest BCUT2D eigenvalue weighted by Crippen LogP contribution is -2.45. The summed E-state index contributed by atoms with van der Waals surface area (Å²) in [5.41, 5.74) is -0.437. The number of nitrogens with zero attached hydrogens (tertiary/aromatic N) is 1. The van der Waals surface area contributed by atoms with E-state index >= 15 is 0 Å². The van der Waals surface area contributed by atoms with E-state index in [1.54, 1.807) is 11.2 Å². The Kier molecular flexibility index (Phi) is 6.95. The van der Waals surface area contributed by atoms with Crippen molar-refractivity contribution >= 4 is 16.9 Å². The molecule has 1 aliphatic rings. The van der Waals surface area contributed by atoms with Gasteiger partial charge < -0.3 is 15.0 Å². The quantitative estimate of drug-likeness (QED) is 0.784. The molecule has 0 aromatic rings. The van der Waals surface area contributed by atoms with Gasteiger partial charge in [-0.05, 0) is 46.1 Å². The van der Waals surface area contributed by atoms with Crippen LogP contribution in [-0.4, -0.2) is 59.0 Å². The molecule has 1 rings (SSSR count). The van der Waals surface area contributed by atoms with Crippen LogP contribution in [0.1, 0.15) is 33.6 Å². The molecule has 20 heavy (non-hydrogen) atoms. The van der Waals surface area contributed by atoms with Crippen LogP contribution in [0.15, 0.2) is 0 Å². The number of carbonyl (C=O) groups is 1. The van der Waals surface area contributed by atoms with E-state index in [-0.39, 0.29) is 6.09 Å². The molecular formula is C14H28N2O3S. The van der Waals surface area contributed by atoms with Crippen LogP contribution in [0.2, 0.25) is 0 Å². The van der Waals surface area contributed by atoms with E-state index in [2.05, 4.69) is 5.32 Å². The minimum atomic E-state index is -0.745. The van der Waals surface area contributed by atoms with Crippen molar-refractivity contribution in [2.24, 2.45) is 5.92 Å². The molecule has 1 heterocycles. The summed E-state index contributed by atoms with van der Waals surface area (Å²) in [7, 11) is -0.745. The predicted molar refractivity (Wildman–Crippen MR) is 82.3 cm³/mol. The second-order valence-corrected chi connectivity index (χ2v) is 7.97. The summed E-state index contributed by atoms with van der Waals surface area (Å²) in [6.45, 7) is 8.83. The number of ether oxygens (including phenoxy) is 1. The van der Waals surface area contributed by atoms with Crippen LogP contribution < -0.4 is 5.32 Å². The lowest BCUT2D eigenvalue weighted by molar-refractivity contribution is 0.0167. The number of amides is 1. The van der Waals surface area contributed by atoms with Gasteiger partial charge in [0.2, 0.25) is 0 Å². The zero-order chi connectivity index (χ0) is 15.2. The summed E-state index contributed by atoms with van der Waals surface area (Å²) in [6.07, 6.45) is 3.65. The standard InChI is InChI=1S/C14H28N2O3S/c1-14(2,3)19-13(17)16-8-5-6-12(11-16)10-15-7-9-20(4)18/h12,15H,5-11H2,1-4H3. The van der Waals surface area contributed by atoms with E-state index in [1.165, 1.54) is 0 Å². The van der Waals surface area contributed by atoms with Gasteiger partial charge in [-0.1, -0.05) is 0 Å². The van der Waals surface area contributed by atoms with Crippen LogP contribution in [0.3, 0.4) is 0 Å². The second-order valence-electron chi connectivity index (χ2n) is 6.42. The van der Waals surface area contributed by atoms with Crippen molar-refractivity contribution in [3.8, 4) is 0 Å². The largest absolute Gasteiger partial charge is 0.444 e. The van der Waals surface area contributed by atoms with Gasteiger partial charge in [-0.15, -0.1) is 0 Å². The third-order valence-electron chi connectivity index (χ3n) is 3.17. The van der Waals surface area contributed by atoms with Gasteiger partial charge in [0.25, 0.3) is 0 Å². The van der Waals surface area contributed by atoms with Gasteiger partial charge >= 0.3 is 6.09 Å². The van der Waals surface area contributed by atoms with Crippen molar-refractivity contribution in [1.29, 1.82) is 0 Å². The summed E-state index contributed by atoms with van der Waals surface area (Å²) in [5.74, 6) is 1.14. The Bertz CT molecular complexity index is 342. The number of piperidine rings is 1. The maximum absolute atomic E-state index is 12.0. The lowest BCUT2D eigenvalue weighted by Gasteiger charge is -2.34. The fourth-order valence-corrected chi connectivity index (χ4v) is 2.68. The summed E-state index contributed by atoms with van der Waals surface area (Å²) < 4.78 is 16.4. The zero-order valence-electron chi connectivity index (χ0n) is 13.1. The van der Waals surface area contributed by atoms with Gasteiger partial charge in [0.05, 0.1) is 0 Å². The number of nitrogens with one attached hydrogen (secondary N) is 1. The summed E-state index contributed by atoms with van der Waals surface area (Å²) >= 11 is 0. The van der Waals surface area contributed by atoms with Crippen molar-refractivity contribution in [2.45, 2.75) is 39.2 Å². The first-order chi connectivity index (χ1) is 9.28. The third kappa shape index (κ3) is 7.24. The van der Waals surface area contributed by atoms with Crippen molar-refractivity contribution in [3.05, 3.63) is 0 Å². The molecule has 0 bridgehead atoms. The maximum atomic E-state index is 12.0. The van der Waals surface area contributed by atoms with Gasteiger partial charge in [0.1, 0.15) is 5.60 Å². The zero-order valence-corrected chi connectivity index (χ0v) is 13.9. The molecule has 2 atom stereocenters. The maximum Gasteiger partial charge on any atom is 0.410 e. The molecule has 0 aromatic carbocycles. The van der Waals surface area contributed by atoms with E-state index in [1.807, 2.05) is 20.8 Å². The Balaban J connectivity index is 2.31. The number of carbonyl (C=O) groups excluding carboxylic acids is 1. The van der Waals surface area contributed by atoms with Crippen LogP contribution in [0, 0.1) is 5.92 Å². The molecule has 6 heteroatoms. The molecule has 5 nitrogen and oxygen atoms in total. The lowest BCUT2D eigenvalue weighted by atomic mass is 9.98. The Hall–Kier alpha value is -0.620. The summed E-state index contributed by atoms with van der Waals surface area (Å²) in [4.78, 5) is 13.8. The smallest absolute Gasteiger partial charge is 0.410 e. The van der Waals surface area contributed by atoms with Crippen molar-refractivity contribution < 1.29 is 13.7 Å². The highest BCUT2D eigenvalue weighted by Crippen LogP contribution is 2.18. The first-order valence-electron chi connectivity index (χ1n) is 7.26. The highest BCUT2D eigenvalue weighted by molar-refractivity contribution is 7.84. The highest BCUT2D eigenvalue weighted by Gasteiger charge is 2.27.